The van der Waals surface area contributed by atoms with E-state index in [2.05, 4.69) is 18.9 Å². The first-order valence-electron chi connectivity index (χ1n) is 10.5. The number of para-hydroxylation sites is 1. The van der Waals surface area contributed by atoms with Gasteiger partial charge in [0.1, 0.15) is 24.1 Å². The van der Waals surface area contributed by atoms with Crippen LogP contribution in [0, 0.1) is 6.92 Å². The molecule has 0 aliphatic heterocycles. The van der Waals surface area contributed by atoms with Crippen molar-refractivity contribution in [1.29, 1.82) is 0 Å². The van der Waals surface area contributed by atoms with Gasteiger partial charge < -0.3 is 14.4 Å². The van der Waals surface area contributed by atoms with E-state index in [1.807, 2.05) is 72.2 Å². The van der Waals surface area contributed by atoms with E-state index in [9.17, 15) is 9.90 Å². The van der Waals surface area contributed by atoms with Gasteiger partial charge in [-0.1, -0.05) is 62.4 Å². The van der Waals surface area contributed by atoms with Crippen LogP contribution in [0.5, 0.6) is 5.75 Å². The Morgan fingerprint density at radius 2 is 1.74 bits per heavy atom. The summed E-state index contributed by atoms with van der Waals surface area (Å²) in [5.74, 6) is 1.12. The van der Waals surface area contributed by atoms with Gasteiger partial charge in [0.15, 0.2) is 0 Å². The van der Waals surface area contributed by atoms with Gasteiger partial charge in [-0.3, -0.25) is 4.79 Å². The SMILES string of the molecule is Cc1cc(=O)n2nc(-c3ccccc3)cc2n1C[C@@H](O)COc1ccccc1C(C)C. The van der Waals surface area contributed by atoms with Gasteiger partial charge in [0.25, 0.3) is 5.56 Å². The molecule has 2 heterocycles. The van der Waals surface area contributed by atoms with Gasteiger partial charge in [-0.2, -0.15) is 9.61 Å². The first-order chi connectivity index (χ1) is 14.9. The monoisotopic (exact) mass is 417 g/mol. The lowest BCUT2D eigenvalue weighted by Gasteiger charge is -2.19. The van der Waals surface area contributed by atoms with Gasteiger partial charge in [0.05, 0.1) is 12.2 Å². The Morgan fingerprint density at radius 1 is 1.03 bits per heavy atom. The summed E-state index contributed by atoms with van der Waals surface area (Å²) in [6.07, 6.45) is -0.750. The Kier molecular flexibility index (Phi) is 5.91. The Labute approximate surface area is 181 Å². The van der Waals surface area contributed by atoms with E-state index in [1.165, 1.54) is 10.6 Å². The molecule has 0 unspecified atom stereocenters. The highest BCUT2D eigenvalue weighted by Crippen LogP contribution is 2.26. The molecule has 0 aliphatic rings. The fourth-order valence-corrected chi connectivity index (χ4v) is 3.75. The van der Waals surface area contributed by atoms with Crippen molar-refractivity contribution >= 4 is 5.65 Å². The van der Waals surface area contributed by atoms with Gasteiger partial charge in [0, 0.05) is 23.4 Å². The quantitative estimate of drug-likeness (QED) is 0.493. The van der Waals surface area contributed by atoms with Crippen molar-refractivity contribution in [3.63, 3.8) is 0 Å². The third-order valence-corrected chi connectivity index (χ3v) is 5.37. The molecule has 0 saturated carbocycles. The molecule has 0 fully saturated rings. The molecule has 4 rings (SSSR count). The number of aliphatic hydroxyl groups excluding tert-OH is 1. The smallest absolute Gasteiger partial charge is 0.274 e. The fourth-order valence-electron chi connectivity index (χ4n) is 3.75. The third-order valence-electron chi connectivity index (χ3n) is 5.37. The van der Waals surface area contributed by atoms with Gasteiger partial charge in [-0.15, -0.1) is 0 Å². The molecule has 2 aromatic carbocycles. The van der Waals surface area contributed by atoms with Crippen LogP contribution >= 0.6 is 0 Å². The minimum absolute atomic E-state index is 0.154. The lowest BCUT2D eigenvalue weighted by atomic mass is 10.0. The predicted molar refractivity (Wildman–Crippen MR) is 122 cm³/mol. The lowest BCUT2D eigenvalue weighted by molar-refractivity contribution is 0.0920. The number of rotatable bonds is 7. The van der Waals surface area contributed by atoms with Crippen molar-refractivity contribution in [3.05, 3.63) is 88.3 Å². The lowest BCUT2D eigenvalue weighted by Crippen LogP contribution is -2.28. The molecule has 0 saturated heterocycles. The number of nitrogens with zero attached hydrogens (tertiary/aromatic N) is 3. The van der Waals surface area contributed by atoms with E-state index in [1.54, 1.807) is 0 Å². The number of ether oxygens (including phenoxy) is 1. The summed E-state index contributed by atoms with van der Waals surface area (Å²) < 4.78 is 9.23. The third kappa shape index (κ3) is 4.39. The first kappa shape index (κ1) is 20.9. The van der Waals surface area contributed by atoms with Crippen LogP contribution in [0.15, 0.2) is 71.5 Å². The molecule has 1 atom stereocenters. The van der Waals surface area contributed by atoms with Crippen LogP contribution in [-0.2, 0) is 6.54 Å². The Balaban J connectivity index is 1.59. The highest BCUT2D eigenvalue weighted by Gasteiger charge is 2.16. The molecule has 0 amide bonds. The van der Waals surface area contributed by atoms with Gasteiger partial charge >= 0.3 is 0 Å². The fraction of sp³-hybridized carbons (Fsp3) is 0.280. The van der Waals surface area contributed by atoms with Gasteiger partial charge in [0.2, 0.25) is 0 Å². The molecule has 31 heavy (non-hydrogen) atoms. The summed E-state index contributed by atoms with van der Waals surface area (Å²) in [6.45, 7) is 6.53. The van der Waals surface area contributed by atoms with Crippen molar-refractivity contribution < 1.29 is 9.84 Å². The zero-order valence-electron chi connectivity index (χ0n) is 18.0. The maximum absolute atomic E-state index is 12.5. The van der Waals surface area contributed by atoms with E-state index in [4.69, 9.17) is 4.74 Å². The molecule has 6 nitrogen and oxygen atoms in total. The van der Waals surface area contributed by atoms with Crippen LogP contribution in [-0.4, -0.2) is 32.0 Å². The summed E-state index contributed by atoms with van der Waals surface area (Å²) in [5, 5.41) is 15.2. The highest BCUT2D eigenvalue weighted by molar-refractivity contribution is 5.64. The van der Waals surface area contributed by atoms with Crippen molar-refractivity contribution in [2.75, 3.05) is 6.61 Å². The average Bonchev–Trinajstić information content (AvgIpc) is 3.22. The standard InChI is InChI=1S/C25H27N3O3/c1-17(2)21-11-7-8-12-23(21)31-16-20(29)15-27-18(3)13-25(30)28-24(27)14-22(26-28)19-9-5-4-6-10-19/h4-14,17,20,29H,15-16H2,1-3H3/t20-/m1/s1. The second-order valence-electron chi connectivity index (χ2n) is 8.06. The molecule has 0 radical (unpaired) electrons. The summed E-state index contributed by atoms with van der Waals surface area (Å²) in [7, 11) is 0. The molecule has 4 aromatic rings. The van der Waals surface area contributed by atoms with E-state index in [-0.39, 0.29) is 12.2 Å². The van der Waals surface area contributed by atoms with Crippen LogP contribution in [0.25, 0.3) is 16.9 Å². The van der Waals surface area contributed by atoms with Crippen molar-refractivity contribution in [2.24, 2.45) is 0 Å². The number of aromatic nitrogens is 3. The minimum Gasteiger partial charge on any atom is -0.491 e. The highest BCUT2D eigenvalue weighted by atomic mass is 16.5. The van der Waals surface area contributed by atoms with E-state index >= 15 is 0 Å². The molecule has 1 N–H and O–H groups in total. The number of aryl methyl sites for hydroxylation is 1. The molecule has 2 aromatic heterocycles. The molecule has 0 bridgehead atoms. The minimum atomic E-state index is -0.750. The zero-order chi connectivity index (χ0) is 22.0. The maximum Gasteiger partial charge on any atom is 0.274 e. The number of hydrogen-bond acceptors (Lipinski definition) is 4. The number of hydrogen-bond donors (Lipinski definition) is 1. The molecule has 6 heteroatoms. The van der Waals surface area contributed by atoms with Crippen molar-refractivity contribution in [1.82, 2.24) is 14.2 Å². The normalized spacial score (nSPS) is 12.4. The topological polar surface area (TPSA) is 68.8 Å². The summed E-state index contributed by atoms with van der Waals surface area (Å²) in [5.41, 5.74) is 3.98. The maximum atomic E-state index is 12.5. The summed E-state index contributed by atoms with van der Waals surface area (Å²) in [4.78, 5) is 12.5. The van der Waals surface area contributed by atoms with E-state index < -0.39 is 6.10 Å². The predicted octanol–water partition coefficient (Wildman–Crippen LogP) is 4.03. The van der Waals surface area contributed by atoms with Gasteiger partial charge in [-0.05, 0) is 24.5 Å². The molecule has 0 spiro atoms. The largest absolute Gasteiger partial charge is 0.491 e. The Hall–Kier alpha value is -3.38. The van der Waals surface area contributed by atoms with Crippen LogP contribution in [0.2, 0.25) is 0 Å². The van der Waals surface area contributed by atoms with Crippen molar-refractivity contribution in [3.8, 4) is 17.0 Å². The second kappa shape index (κ2) is 8.78. The number of aliphatic hydroxyl groups is 1. The first-order valence-corrected chi connectivity index (χ1v) is 10.5. The van der Waals surface area contributed by atoms with E-state index in [0.29, 0.717) is 23.8 Å². The van der Waals surface area contributed by atoms with Gasteiger partial charge in [-0.25, -0.2) is 0 Å². The van der Waals surface area contributed by atoms with Crippen LogP contribution in [0.3, 0.4) is 0 Å². The Bertz CT molecular complexity index is 1240. The number of fused-ring (bicyclic) bond motifs is 1. The van der Waals surface area contributed by atoms with Crippen LogP contribution in [0.4, 0.5) is 0 Å². The average molecular weight is 418 g/mol. The van der Waals surface area contributed by atoms with Crippen LogP contribution in [0.1, 0.15) is 31.0 Å². The van der Waals surface area contributed by atoms with Crippen molar-refractivity contribution in [2.45, 2.75) is 39.3 Å². The van der Waals surface area contributed by atoms with E-state index in [0.717, 1.165) is 22.6 Å². The molecular formula is C25H27N3O3. The number of benzene rings is 2. The summed E-state index contributed by atoms with van der Waals surface area (Å²) in [6, 6.07) is 21.0. The second-order valence-corrected chi connectivity index (χ2v) is 8.06. The molecular weight excluding hydrogens is 390 g/mol. The Morgan fingerprint density at radius 3 is 2.48 bits per heavy atom. The molecule has 0 aliphatic carbocycles. The molecule has 160 valence electrons. The summed E-state index contributed by atoms with van der Waals surface area (Å²) >= 11 is 0. The van der Waals surface area contributed by atoms with Crippen LogP contribution < -0.4 is 10.3 Å². The zero-order valence-corrected chi connectivity index (χ0v) is 18.0.